The molecule has 1 aliphatic carbocycles. The monoisotopic (exact) mass is 601 g/mol. The Kier molecular flexibility index (Phi) is 7.38. The summed E-state index contributed by atoms with van der Waals surface area (Å²) in [5.41, 5.74) is -0.977. The topological polar surface area (TPSA) is 97.7 Å². The number of hydrogen-bond acceptors (Lipinski definition) is 5. The maximum absolute atomic E-state index is 13.7. The van der Waals surface area contributed by atoms with Gasteiger partial charge in [0.25, 0.3) is 11.8 Å². The van der Waals surface area contributed by atoms with Crippen LogP contribution in [0.5, 0.6) is 0 Å². The molecule has 2 aromatic carbocycles. The van der Waals surface area contributed by atoms with E-state index in [9.17, 15) is 31.2 Å². The summed E-state index contributed by atoms with van der Waals surface area (Å²) < 4.78 is 70.9. The molecule has 0 atom stereocenters. The number of morpholine rings is 1. The molecule has 2 fully saturated rings. The SMILES string of the molecule is O=C(NS(=O)(=O)C(F)(F)F)c1ccc2c(C3CCCCC3)c3n(c2c1)CC(C(=O)N1CCOCC1)=Cc1ccccc1-3. The van der Waals surface area contributed by atoms with Crippen molar-refractivity contribution in [3.8, 4) is 11.3 Å². The van der Waals surface area contributed by atoms with Gasteiger partial charge in [0.15, 0.2) is 0 Å². The van der Waals surface area contributed by atoms with Crippen molar-refractivity contribution in [2.75, 3.05) is 26.3 Å². The van der Waals surface area contributed by atoms with Gasteiger partial charge in [-0.1, -0.05) is 49.6 Å². The van der Waals surface area contributed by atoms with Gasteiger partial charge < -0.3 is 14.2 Å². The Morgan fingerprint density at radius 3 is 2.40 bits per heavy atom. The highest BCUT2D eigenvalue weighted by molar-refractivity contribution is 7.90. The van der Waals surface area contributed by atoms with Crippen LogP contribution in [0.15, 0.2) is 48.0 Å². The number of nitrogens with zero attached hydrogens (tertiary/aromatic N) is 2. The average molecular weight is 602 g/mol. The number of alkyl halides is 3. The Bertz CT molecular complexity index is 1700. The lowest BCUT2D eigenvalue weighted by molar-refractivity contribution is -0.131. The van der Waals surface area contributed by atoms with Gasteiger partial charge >= 0.3 is 15.5 Å². The van der Waals surface area contributed by atoms with E-state index in [1.165, 1.54) is 12.1 Å². The minimum atomic E-state index is -5.88. The molecule has 2 aliphatic heterocycles. The van der Waals surface area contributed by atoms with E-state index in [0.29, 0.717) is 37.4 Å². The number of benzene rings is 2. The van der Waals surface area contributed by atoms with E-state index in [1.807, 2.05) is 34.9 Å². The van der Waals surface area contributed by atoms with Crippen LogP contribution in [0.2, 0.25) is 0 Å². The van der Waals surface area contributed by atoms with Crippen molar-refractivity contribution in [3.63, 3.8) is 0 Å². The third kappa shape index (κ3) is 5.11. The highest BCUT2D eigenvalue weighted by Gasteiger charge is 2.47. The second-order valence-corrected chi connectivity index (χ2v) is 12.6. The summed E-state index contributed by atoms with van der Waals surface area (Å²) in [6.45, 7) is 1.98. The van der Waals surface area contributed by atoms with Crippen LogP contribution < -0.4 is 4.72 Å². The van der Waals surface area contributed by atoms with Crippen LogP contribution >= 0.6 is 0 Å². The molecule has 42 heavy (non-hydrogen) atoms. The fourth-order valence-corrected chi connectivity index (χ4v) is 6.83. The van der Waals surface area contributed by atoms with Gasteiger partial charge in [-0.25, -0.2) is 4.72 Å². The molecule has 2 amide bonds. The predicted octanol–water partition coefficient (Wildman–Crippen LogP) is 5.19. The van der Waals surface area contributed by atoms with Crippen LogP contribution in [0, 0.1) is 0 Å². The van der Waals surface area contributed by atoms with Crippen molar-refractivity contribution in [2.24, 2.45) is 0 Å². The summed E-state index contributed by atoms with van der Waals surface area (Å²) in [4.78, 5) is 28.3. The third-order valence-electron chi connectivity index (χ3n) is 8.36. The molecule has 1 saturated heterocycles. The van der Waals surface area contributed by atoms with E-state index in [0.717, 1.165) is 64.6 Å². The number of ether oxygens (including phenoxy) is 1. The maximum Gasteiger partial charge on any atom is 0.516 e. The van der Waals surface area contributed by atoms with Crippen molar-refractivity contribution < 1.29 is 35.9 Å². The minimum Gasteiger partial charge on any atom is -0.378 e. The van der Waals surface area contributed by atoms with E-state index in [2.05, 4.69) is 0 Å². The van der Waals surface area contributed by atoms with Gasteiger partial charge in [-0.15, -0.1) is 0 Å². The number of sulfonamides is 1. The van der Waals surface area contributed by atoms with E-state index in [4.69, 9.17) is 4.74 Å². The van der Waals surface area contributed by atoms with Crippen LogP contribution in [0.1, 0.15) is 59.5 Å². The molecule has 1 aromatic heterocycles. The molecule has 8 nitrogen and oxygen atoms in total. The predicted molar refractivity (Wildman–Crippen MR) is 151 cm³/mol. The molecule has 0 bridgehead atoms. The van der Waals surface area contributed by atoms with E-state index < -0.39 is 21.4 Å². The molecule has 0 unspecified atom stereocenters. The average Bonchev–Trinajstić information content (AvgIpc) is 3.19. The zero-order valence-corrected chi connectivity index (χ0v) is 23.6. The minimum absolute atomic E-state index is 0.132. The Hall–Kier alpha value is -3.64. The Labute approximate surface area is 241 Å². The fourth-order valence-electron chi connectivity index (χ4n) is 6.36. The number of aromatic nitrogens is 1. The molecular weight excluding hydrogens is 571 g/mol. The van der Waals surface area contributed by atoms with Gasteiger partial charge in [-0.2, -0.15) is 21.6 Å². The Balaban J connectivity index is 1.53. The van der Waals surface area contributed by atoms with Gasteiger partial charge in [-0.05, 0) is 48.1 Å². The van der Waals surface area contributed by atoms with Gasteiger partial charge in [-0.3, -0.25) is 9.59 Å². The number of halogens is 3. The number of fused-ring (bicyclic) bond motifs is 5. The number of nitrogens with one attached hydrogen (secondary N) is 1. The molecular formula is C30H30F3N3O5S. The quantitative estimate of drug-likeness (QED) is 0.444. The van der Waals surface area contributed by atoms with Gasteiger partial charge in [0.1, 0.15) is 0 Å². The first kappa shape index (κ1) is 28.5. The molecule has 12 heteroatoms. The van der Waals surface area contributed by atoms with Gasteiger partial charge in [0.05, 0.1) is 25.5 Å². The summed E-state index contributed by atoms with van der Waals surface area (Å²) in [5.74, 6) is -1.29. The number of rotatable bonds is 4. The summed E-state index contributed by atoms with van der Waals surface area (Å²) in [6.07, 6.45) is 7.09. The smallest absolute Gasteiger partial charge is 0.378 e. The zero-order chi connectivity index (χ0) is 29.6. The Morgan fingerprint density at radius 2 is 1.69 bits per heavy atom. The summed E-state index contributed by atoms with van der Waals surface area (Å²) in [5, 5.41) is 0.835. The highest BCUT2D eigenvalue weighted by Crippen LogP contribution is 2.46. The summed E-state index contributed by atoms with van der Waals surface area (Å²) in [7, 11) is -5.88. The molecule has 3 aromatic rings. The maximum atomic E-state index is 13.7. The largest absolute Gasteiger partial charge is 0.516 e. The summed E-state index contributed by atoms with van der Waals surface area (Å²) in [6, 6.07) is 12.3. The number of carbonyl (C=O) groups is 2. The van der Waals surface area contributed by atoms with Crippen molar-refractivity contribution in [1.29, 1.82) is 0 Å². The number of hydrogen-bond donors (Lipinski definition) is 1. The van der Waals surface area contributed by atoms with Gasteiger partial charge in [0.2, 0.25) is 0 Å². The molecule has 0 spiro atoms. The van der Waals surface area contributed by atoms with Gasteiger partial charge in [0, 0.05) is 40.7 Å². The van der Waals surface area contributed by atoms with Crippen molar-refractivity contribution >= 4 is 38.8 Å². The second kappa shape index (κ2) is 10.9. The second-order valence-electron chi connectivity index (χ2n) is 11.0. The molecule has 3 aliphatic rings. The lowest BCUT2D eigenvalue weighted by Gasteiger charge is -2.28. The zero-order valence-electron chi connectivity index (χ0n) is 22.7. The van der Waals surface area contributed by atoms with Crippen LogP contribution in [0.4, 0.5) is 13.2 Å². The standard InChI is InChI=1S/C30H30F3N3O5S/c31-30(32,33)42(39,40)34-28(37)21-10-11-24-25(17-21)36-18-22(29(38)35-12-14-41-15-13-35)16-20-8-4-5-9-23(20)27(36)26(24)19-6-2-1-3-7-19/h4-5,8-11,16-17,19H,1-3,6-7,12-15,18H2,(H,34,37). The number of amides is 2. The van der Waals surface area contributed by atoms with Crippen LogP contribution in [-0.4, -0.2) is 61.5 Å². The number of carbonyl (C=O) groups excluding carboxylic acids is 2. The molecule has 3 heterocycles. The molecule has 1 saturated carbocycles. The van der Waals surface area contributed by atoms with E-state index in [-0.39, 0.29) is 23.9 Å². The van der Waals surface area contributed by atoms with Crippen molar-refractivity contribution in [3.05, 3.63) is 64.7 Å². The van der Waals surface area contributed by atoms with Crippen LogP contribution in [0.25, 0.3) is 28.2 Å². The van der Waals surface area contributed by atoms with E-state index in [1.54, 1.807) is 11.0 Å². The lowest BCUT2D eigenvalue weighted by atomic mass is 9.81. The Morgan fingerprint density at radius 1 is 0.976 bits per heavy atom. The first-order valence-corrected chi connectivity index (χ1v) is 15.5. The molecule has 6 rings (SSSR count). The molecule has 0 radical (unpaired) electrons. The van der Waals surface area contributed by atoms with Crippen molar-refractivity contribution in [2.45, 2.75) is 50.1 Å². The molecule has 222 valence electrons. The van der Waals surface area contributed by atoms with Crippen molar-refractivity contribution in [1.82, 2.24) is 14.2 Å². The lowest BCUT2D eigenvalue weighted by Crippen LogP contribution is -2.41. The highest BCUT2D eigenvalue weighted by atomic mass is 32.2. The first-order valence-electron chi connectivity index (χ1n) is 14.0. The third-order valence-corrected chi connectivity index (χ3v) is 9.42. The molecule has 1 N–H and O–H groups in total. The normalized spacial score (nSPS) is 18.2. The first-order chi connectivity index (χ1) is 20.0. The van der Waals surface area contributed by atoms with Crippen LogP contribution in [-0.2, 0) is 26.1 Å². The van der Waals surface area contributed by atoms with E-state index >= 15 is 0 Å². The van der Waals surface area contributed by atoms with Crippen LogP contribution in [0.3, 0.4) is 0 Å². The summed E-state index contributed by atoms with van der Waals surface area (Å²) >= 11 is 0. The fraction of sp³-hybridized carbons (Fsp3) is 0.400.